The molecule has 0 aliphatic carbocycles. The highest BCUT2D eigenvalue weighted by Gasteiger charge is 2.24. The number of thiazole rings is 1. The van der Waals surface area contributed by atoms with Gasteiger partial charge < -0.3 is 14.6 Å². The van der Waals surface area contributed by atoms with Crippen molar-refractivity contribution in [3.8, 4) is 0 Å². The predicted octanol–water partition coefficient (Wildman–Crippen LogP) is 2.74. The molecular formula is C15H20N4O3S. The van der Waals surface area contributed by atoms with Crippen molar-refractivity contribution in [1.82, 2.24) is 20.4 Å². The van der Waals surface area contributed by atoms with Gasteiger partial charge >= 0.3 is 0 Å². The Balaban J connectivity index is 1.60. The lowest BCUT2D eigenvalue weighted by atomic mass is 10.2. The number of amides is 1. The first-order valence-electron chi connectivity index (χ1n) is 7.74. The summed E-state index contributed by atoms with van der Waals surface area (Å²) in [6, 6.07) is 0. The van der Waals surface area contributed by atoms with Gasteiger partial charge in [0.1, 0.15) is 11.0 Å². The van der Waals surface area contributed by atoms with Crippen LogP contribution in [0.1, 0.15) is 70.8 Å². The van der Waals surface area contributed by atoms with Crippen molar-refractivity contribution in [2.24, 2.45) is 0 Å². The summed E-state index contributed by atoms with van der Waals surface area (Å²) in [5.41, 5.74) is 0.754. The molecule has 7 nitrogen and oxygen atoms in total. The lowest BCUT2D eigenvalue weighted by Crippen LogP contribution is -2.23. The maximum absolute atomic E-state index is 12.3. The average Bonchev–Trinajstić information content (AvgIpc) is 3.24. The number of hydrogen-bond acceptors (Lipinski definition) is 7. The number of hydrogen-bond donors (Lipinski definition) is 1. The summed E-state index contributed by atoms with van der Waals surface area (Å²) >= 11 is 1.43. The van der Waals surface area contributed by atoms with E-state index in [1.807, 2.05) is 6.92 Å². The van der Waals surface area contributed by atoms with Crippen molar-refractivity contribution < 1.29 is 14.1 Å². The molecule has 1 fully saturated rings. The molecule has 0 aromatic carbocycles. The van der Waals surface area contributed by atoms with Crippen LogP contribution in [0.15, 0.2) is 4.52 Å². The van der Waals surface area contributed by atoms with Crippen molar-refractivity contribution in [1.29, 1.82) is 0 Å². The van der Waals surface area contributed by atoms with Gasteiger partial charge in [0.25, 0.3) is 11.8 Å². The molecule has 23 heavy (non-hydrogen) atoms. The Kier molecular flexibility index (Phi) is 4.72. The number of nitrogens with zero attached hydrogens (tertiary/aromatic N) is 3. The smallest absolute Gasteiger partial charge is 0.263 e. The fourth-order valence-corrected chi connectivity index (χ4v) is 3.34. The molecule has 1 N–H and O–H groups in total. The minimum absolute atomic E-state index is 0.107. The van der Waals surface area contributed by atoms with Crippen LogP contribution < -0.4 is 5.32 Å². The summed E-state index contributed by atoms with van der Waals surface area (Å²) in [5, 5.41) is 7.67. The minimum Gasteiger partial charge on any atom is -0.368 e. The second-order valence-electron chi connectivity index (χ2n) is 5.85. The van der Waals surface area contributed by atoms with E-state index in [-0.39, 0.29) is 18.6 Å². The van der Waals surface area contributed by atoms with E-state index in [0.717, 1.165) is 30.2 Å². The van der Waals surface area contributed by atoms with Gasteiger partial charge in [0.2, 0.25) is 0 Å². The zero-order chi connectivity index (χ0) is 16.4. The Morgan fingerprint density at radius 3 is 2.91 bits per heavy atom. The van der Waals surface area contributed by atoms with Gasteiger partial charge in [0, 0.05) is 12.5 Å². The van der Waals surface area contributed by atoms with Gasteiger partial charge in [-0.1, -0.05) is 19.0 Å². The van der Waals surface area contributed by atoms with Gasteiger partial charge in [-0.15, -0.1) is 11.3 Å². The number of carbonyl (C=O) groups excluding carboxylic acids is 1. The van der Waals surface area contributed by atoms with E-state index >= 15 is 0 Å². The van der Waals surface area contributed by atoms with E-state index < -0.39 is 0 Å². The van der Waals surface area contributed by atoms with Crippen molar-refractivity contribution in [3.63, 3.8) is 0 Å². The Morgan fingerprint density at radius 1 is 1.43 bits per heavy atom. The number of aryl methyl sites for hydroxylation is 1. The highest BCUT2D eigenvalue weighted by molar-refractivity contribution is 7.13. The van der Waals surface area contributed by atoms with Crippen LogP contribution >= 0.6 is 11.3 Å². The molecule has 2 aromatic rings. The largest absolute Gasteiger partial charge is 0.368 e. The van der Waals surface area contributed by atoms with Crippen LogP contribution in [-0.2, 0) is 11.3 Å². The summed E-state index contributed by atoms with van der Waals surface area (Å²) in [6.07, 6.45) is 1.79. The molecule has 1 aliphatic rings. The monoisotopic (exact) mass is 336 g/mol. The third-order valence-electron chi connectivity index (χ3n) is 3.61. The molecule has 3 rings (SSSR count). The van der Waals surface area contributed by atoms with E-state index in [9.17, 15) is 4.79 Å². The predicted molar refractivity (Wildman–Crippen MR) is 84.3 cm³/mol. The van der Waals surface area contributed by atoms with E-state index in [4.69, 9.17) is 9.26 Å². The molecule has 1 atom stereocenters. The second kappa shape index (κ2) is 6.76. The number of nitrogens with one attached hydrogen (secondary N) is 1. The topological polar surface area (TPSA) is 90.1 Å². The second-order valence-corrected chi connectivity index (χ2v) is 6.89. The normalized spacial score (nSPS) is 17.8. The lowest BCUT2D eigenvalue weighted by Gasteiger charge is -2.01. The van der Waals surface area contributed by atoms with Crippen molar-refractivity contribution in [2.75, 3.05) is 6.61 Å². The highest BCUT2D eigenvalue weighted by Crippen LogP contribution is 2.27. The number of rotatable bonds is 5. The van der Waals surface area contributed by atoms with Crippen LogP contribution in [0, 0.1) is 6.92 Å². The molecule has 8 heteroatoms. The Hall–Kier alpha value is -1.80. The molecule has 1 amide bonds. The van der Waals surface area contributed by atoms with Gasteiger partial charge in [-0.3, -0.25) is 4.79 Å². The molecule has 2 aromatic heterocycles. The van der Waals surface area contributed by atoms with Crippen LogP contribution in [0.3, 0.4) is 0 Å². The Morgan fingerprint density at radius 2 is 2.26 bits per heavy atom. The van der Waals surface area contributed by atoms with Gasteiger partial charge in [-0.05, 0) is 19.8 Å². The molecule has 1 aliphatic heterocycles. The Bertz CT molecular complexity index is 689. The van der Waals surface area contributed by atoms with Crippen molar-refractivity contribution in [3.05, 3.63) is 27.3 Å². The molecule has 1 saturated heterocycles. The maximum atomic E-state index is 12.3. The molecule has 0 radical (unpaired) electrons. The van der Waals surface area contributed by atoms with Crippen LogP contribution in [0.25, 0.3) is 0 Å². The van der Waals surface area contributed by atoms with Crippen LogP contribution in [0.2, 0.25) is 0 Å². The molecule has 0 saturated carbocycles. The molecule has 0 unspecified atom stereocenters. The molecular weight excluding hydrogens is 316 g/mol. The first-order valence-corrected chi connectivity index (χ1v) is 8.56. The summed E-state index contributed by atoms with van der Waals surface area (Å²) in [5.74, 6) is 1.10. The molecule has 124 valence electrons. The lowest BCUT2D eigenvalue weighted by molar-refractivity contribution is 0.0835. The van der Waals surface area contributed by atoms with E-state index in [0.29, 0.717) is 22.5 Å². The van der Waals surface area contributed by atoms with Crippen LogP contribution in [0.4, 0.5) is 0 Å². The van der Waals surface area contributed by atoms with Crippen LogP contribution in [-0.4, -0.2) is 27.6 Å². The number of carbonyl (C=O) groups is 1. The van der Waals surface area contributed by atoms with E-state index in [2.05, 4.69) is 34.3 Å². The SMILES string of the molecule is Cc1nc(C(C)C)sc1C(=O)NCc1noc([C@H]2CCCO2)n1. The van der Waals surface area contributed by atoms with Crippen LogP contribution in [0.5, 0.6) is 0 Å². The summed E-state index contributed by atoms with van der Waals surface area (Å²) in [4.78, 5) is 21.6. The quantitative estimate of drug-likeness (QED) is 0.903. The Labute approximate surface area is 138 Å². The average molecular weight is 336 g/mol. The number of ether oxygens (including phenoxy) is 1. The third kappa shape index (κ3) is 3.59. The fraction of sp³-hybridized carbons (Fsp3) is 0.600. The summed E-state index contributed by atoms with van der Waals surface area (Å²) < 4.78 is 10.7. The van der Waals surface area contributed by atoms with Gasteiger partial charge in [-0.25, -0.2) is 4.98 Å². The summed E-state index contributed by atoms with van der Waals surface area (Å²) in [7, 11) is 0. The molecule has 0 spiro atoms. The van der Waals surface area contributed by atoms with Gasteiger partial charge in [-0.2, -0.15) is 4.98 Å². The first kappa shape index (κ1) is 16.1. The summed E-state index contributed by atoms with van der Waals surface area (Å²) in [6.45, 7) is 6.92. The highest BCUT2D eigenvalue weighted by atomic mass is 32.1. The molecule has 3 heterocycles. The fourth-order valence-electron chi connectivity index (χ4n) is 2.36. The molecule has 0 bridgehead atoms. The van der Waals surface area contributed by atoms with Crippen molar-refractivity contribution >= 4 is 17.2 Å². The first-order chi connectivity index (χ1) is 11.0. The third-order valence-corrected chi connectivity index (χ3v) is 5.07. The standard InChI is InChI=1S/C15H20N4O3S/c1-8(2)15-17-9(3)12(23-15)13(20)16-7-11-18-14(22-19-11)10-5-4-6-21-10/h8,10H,4-7H2,1-3H3,(H,16,20)/t10-/m1/s1. The number of aromatic nitrogens is 3. The van der Waals surface area contributed by atoms with Crippen molar-refractivity contribution in [2.45, 2.75) is 52.2 Å². The zero-order valence-electron chi connectivity index (χ0n) is 13.5. The minimum atomic E-state index is -0.157. The van der Waals surface area contributed by atoms with Gasteiger partial charge in [0.15, 0.2) is 5.82 Å². The van der Waals surface area contributed by atoms with E-state index in [1.54, 1.807) is 0 Å². The van der Waals surface area contributed by atoms with Gasteiger partial charge in [0.05, 0.1) is 17.2 Å². The zero-order valence-corrected chi connectivity index (χ0v) is 14.3. The maximum Gasteiger partial charge on any atom is 0.263 e. The van der Waals surface area contributed by atoms with E-state index in [1.165, 1.54) is 11.3 Å².